The summed E-state index contributed by atoms with van der Waals surface area (Å²) in [5.41, 5.74) is 8.88. The topological polar surface area (TPSA) is 26.0 Å². The van der Waals surface area contributed by atoms with Crippen LogP contribution in [0.5, 0.6) is 0 Å². The van der Waals surface area contributed by atoms with Crippen LogP contribution >= 0.6 is 0 Å². The van der Waals surface area contributed by atoms with E-state index in [1.807, 2.05) is 12.1 Å². The van der Waals surface area contributed by atoms with Gasteiger partial charge in [-0.05, 0) is 17.5 Å². The largest absolute Gasteiger partial charge is 0.318 e. The van der Waals surface area contributed by atoms with Crippen LogP contribution in [0.1, 0.15) is 50.2 Å². The molecule has 1 heteroatoms. The minimum absolute atomic E-state index is 0.365. The zero-order chi connectivity index (χ0) is 14.3. The van der Waals surface area contributed by atoms with Gasteiger partial charge in [0.1, 0.15) is 0 Å². The fourth-order valence-corrected chi connectivity index (χ4v) is 2.76. The van der Waals surface area contributed by atoms with Crippen LogP contribution in [-0.2, 0) is 5.54 Å². The van der Waals surface area contributed by atoms with Crippen molar-refractivity contribution in [3.8, 4) is 0 Å². The van der Waals surface area contributed by atoms with Crippen molar-refractivity contribution in [2.24, 2.45) is 5.73 Å². The Hall–Kier alpha value is -1.60. The number of unbranched alkanes of at least 4 members (excludes halogenated alkanes) is 3. The molecule has 20 heavy (non-hydrogen) atoms. The van der Waals surface area contributed by atoms with Gasteiger partial charge in [0.05, 0.1) is 5.54 Å². The second-order valence-corrected chi connectivity index (χ2v) is 5.51. The first-order chi connectivity index (χ1) is 9.77. The van der Waals surface area contributed by atoms with Gasteiger partial charge < -0.3 is 5.73 Å². The molecule has 0 amide bonds. The maximum absolute atomic E-state index is 6.82. The van der Waals surface area contributed by atoms with Gasteiger partial charge >= 0.3 is 0 Å². The van der Waals surface area contributed by atoms with Crippen molar-refractivity contribution in [1.82, 2.24) is 0 Å². The van der Waals surface area contributed by atoms with Crippen LogP contribution in [0.15, 0.2) is 60.7 Å². The summed E-state index contributed by atoms with van der Waals surface area (Å²) in [5, 5.41) is 0. The van der Waals surface area contributed by atoms with E-state index in [1.165, 1.54) is 36.8 Å². The molecule has 0 bridgehead atoms. The van der Waals surface area contributed by atoms with Gasteiger partial charge in [-0.25, -0.2) is 0 Å². The zero-order valence-corrected chi connectivity index (χ0v) is 12.4. The molecule has 0 heterocycles. The van der Waals surface area contributed by atoms with Crippen molar-refractivity contribution in [3.05, 3.63) is 71.8 Å². The van der Waals surface area contributed by atoms with E-state index in [4.69, 9.17) is 5.73 Å². The molecule has 2 N–H and O–H groups in total. The number of nitrogens with two attached hydrogens (primary N) is 1. The first-order valence-electron chi connectivity index (χ1n) is 7.67. The molecule has 0 aliphatic rings. The van der Waals surface area contributed by atoms with Gasteiger partial charge in [0.15, 0.2) is 0 Å². The first-order valence-corrected chi connectivity index (χ1v) is 7.67. The molecule has 0 aliphatic carbocycles. The second-order valence-electron chi connectivity index (χ2n) is 5.51. The van der Waals surface area contributed by atoms with Crippen molar-refractivity contribution in [1.29, 1.82) is 0 Å². The molecule has 1 nitrogen and oxygen atoms in total. The van der Waals surface area contributed by atoms with Gasteiger partial charge in [0, 0.05) is 0 Å². The van der Waals surface area contributed by atoms with Crippen LogP contribution in [0, 0.1) is 0 Å². The Kier molecular flexibility index (Phi) is 5.37. The van der Waals surface area contributed by atoms with E-state index in [0.717, 1.165) is 6.42 Å². The van der Waals surface area contributed by atoms with Crippen LogP contribution in [0.25, 0.3) is 0 Å². The Balaban J connectivity index is 2.24. The molecule has 0 atom stereocenters. The molecule has 0 saturated heterocycles. The zero-order valence-electron chi connectivity index (χ0n) is 12.4. The highest BCUT2D eigenvalue weighted by molar-refractivity contribution is 5.37. The van der Waals surface area contributed by atoms with Crippen LogP contribution in [-0.4, -0.2) is 0 Å². The molecule has 2 aromatic rings. The summed E-state index contributed by atoms with van der Waals surface area (Å²) in [6.45, 7) is 2.24. The van der Waals surface area contributed by atoms with Crippen molar-refractivity contribution in [3.63, 3.8) is 0 Å². The molecular formula is C19H25N. The lowest BCUT2D eigenvalue weighted by Crippen LogP contribution is -2.37. The highest BCUT2D eigenvalue weighted by Gasteiger charge is 2.28. The maximum atomic E-state index is 6.82. The van der Waals surface area contributed by atoms with E-state index in [2.05, 4.69) is 55.5 Å². The lowest BCUT2D eigenvalue weighted by atomic mass is 9.79. The smallest absolute Gasteiger partial charge is 0.0665 e. The fourth-order valence-electron chi connectivity index (χ4n) is 2.76. The summed E-state index contributed by atoms with van der Waals surface area (Å²) in [6, 6.07) is 21.0. The Morgan fingerprint density at radius 3 is 1.70 bits per heavy atom. The fraction of sp³-hybridized carbons (Fsp3) is 0.368. The van der Waals surface area contributed by atoms with Crippen LogP contribution < -0.4 is 5.73 Å². The molecule has 0 aromatic heterocycles. The maximum Gasteiger partial charge on any atom is 0.0665 e. The number of hydrogen-bond donors (Lipinski definition) is 1. The summed E-state index contributed by atoms with van der Waals surface area (Å²) in [5.74, 6) is 0. The third kappa shape index (κ3) is 3.49. The summed E-state index contributed by atoms with van der Waals surface area (Å²) in [7, 11) is 0. The number of hydrogen-bond acceptors (Lipinski definition) is 1. The van der Waals surface area contributed by atoms with Crippen molar-refractivity contribution in [2.45, 2.75) is 44.6 Å². The van der Waals surface area contributed by atoms with Crippen molar-refractivity contribution in [2.75, 3.05) is 0 Å². The molecule has 0 radical (unpaired) electrons. The third-order valence-electron chi connectivity index (χ3n) is 4.00. The summed E-state index contributed by atoms with van der Waals surface area (Å²) < 4.78 is 0. The van der Waals surface area contributed by atoms with Gasteiger partial charge in [-0.2, -0.15) is 0 Å². The highest BCUT2D eigenvalue weighted by Crippen LogP contribution is 2.32. The van der Waals surface area contributed by atoms with Crippen LogP contribution in [0.4, 0.5) is 0 Å². The quantitative estimate of drug-likeness (QED) is 0.712. The summed E-state index contributed by atoms with van der Waals surface area (Å²) in [6.07, 6.45) is 5.98. The van der Waals surface area contributed by atoms with Gasteiger partial charge in [-0.3, -0.25) is 0 Å². The Morgan fingerprint density at radius 1 is 0.750 bits per heavy atom. The predicted molar refractivity (Wildman–Crippen MR) is 86.6 cm³/mol. The summed E-state index contributed by atoms with van der Waals surface area (Å²) >= 11 is 0. The van der Waals surface area contributed by atoms with Crippen LogP contribution in [0.3, 0.4) is 0 Å². The molecule has 106 valence electrons. The third-order valence-corrected chi connectivity index (χ3v) is 4.00. The minimum atomic E-state index is -0.365. The van der Waals surface area contributed by atoms with E-state index in [-0.39, 0.29) is 5.54 Å². The molecule has 0 aliphatic heterocycles. The first kappa shape index (κ1) is 14.8. The van der Waals surface area contributed by atoms with E-state index in [1.54, 1.807) is 0 Å². The van der Waals surface area contributed by atoms with E-state index < -0.39 is 0 Å². The molecule has 2 aromatic carbocycles. The normalized spacial score (nSPS) is 11.5. The molecule has 0 spiro atoms. The Bertz CT molecular complexity index is 450. The van der Waals surface area contributed by atoms with Gasteiger partial charge in [0.2, 0.25) is 0 Å². The standard InChI is InChI=1S/C19H25N/c1-2-3-4-11-16-19(20,17-12-7-5-8-13-17)18-14-9-6-10-15-18/h5-10,12-15H,2-4,11,16,20H2,1H3. The lowest BCUT2D eigenvalue weighted by molar-refractivity contribution is 0.456. The van der Waals surface area contributed by atoms with E-state index in [9.17, 15) is 0 Å². The highest BCUT2D eigenvalue weighted by atomic mass is 14.7. The molecule has 2 rings (SSSR count). The second kappa shape index (κ2) is 7.25. The molecule has 0 fully saturated rings. The molecule has 0 saturated carbocycles. The van der Waals surface area contributed by atoms with Crippen molar-refractivity contribution < 1.29 is 0 Å². The number of benzene rings is 2. The Labute approximate surface area is 122 Å². The van der Waals surface area contributed by atoms with E-state index >= 15 is 0 Å². The van der Waals surface area contributed by atoms with Gasteiger partial charge in [0.25, 0.3) is 0 Å². The molecule has 0 unspecified atom stereocenters. The average Bonchev–Trinajstić information content (AvgIpc) is 2.53. The summed E-state index contributed by atoms with van der Waals surface area (Å²) in [4.78, 5) is 0. The van der Waals surface area contributed by atoms with Crippen LogP contribution in [0.2, 0.25) is 0 Å². The van der Waals surface area contributed by atoms with Crippen molar-refractivity contribution >= 4 is 0 Å². The minimum Gasteiger partial charge on any atom is -0.318 e. The number of rotatable bonds is 7. The van der Waals surface area contributed by atoms with Gasteiger partial charge in [-0.1, -0.05) is 93.3 Å². The monoisotopic (exact) mass is 267 g/mol. The predicted octanol–water partition coefficient (Wildman–Crippen LogP) is 4.86. The van der Waals surface area contributed by atoms with E-state index in [0.29, 0.717) is 0 Å². The van der Waals surface area contributed by atoms with Gasteiger partial charge in [-0.15, -0.1) is 0 Å². The SMILES string of the molecule is CCCCCCC(N)(c1ccccc1)c1ccccc1. The Morgan fingerprint density at radius 2 is 1.25 bits per heavy atom. The molecular weight excluding hydrogens is 242 g/mol. The lowest BCUT2D eigenvalue weighted by Gasteiger charge is -2.31. The average molecular weight is 267 g/mol.